The van der Waals surface area contributed by atoms with Crippen LogP contribution in [0.15, 0.2) is 6.07 Å². The van der Waals surface area contributed by atoms with Crippen LogP contribution >= 0.6 is 0 Å². The number of aromatic nitrogens is 1. The molecule has 0 atom stereocenters. The van der Waals surface area contributed by atoms with E-state index < -0.39 is 0 Å². The molecule has 6 heteroatoms. The van der Waals surface area contributed by atoms with E-state index in [-0.39, 0.29) is 11.8 Å². The second-order valence-corrected chi connectivity index (χ2v) is 8.23. The molecule has 6 nitrogen and oxygen atoms in total. The Morgan fingerprint density at radius 2 is 1.64 bits per heavy atom. The standard InChI is InChI=1S/C22H36N4O2/c1-5-24(6-2)22(28)25-13-11-23(12-14-25)16-21(27)20-15-17(3)26(18(20)4)19-9-7-8-10-19/h15,19H,5-14,16H2,1-4H3. The molecule has 1 saturated heterocycles. The van der Waals surface area contributed by atoms with Gasteiger partial charge in [-0.2, -0.15) is 0 Å². The third-order valence-electron chi connectivity index (χ3n) is 6.52. The van der Waals surface area contributed by atoms with Crippen LogP contribution in [0.1, 0.15) is 67.3 Å². The number of aryl methyl sites for hydroxylation is 1. The van der Waals surface area contributed by atoms with Gasteiger partial charge in [0.1, 0.15) is 0 Å². The van der Waals surface area contributed by atoms with Crippen LogP contribution in [0, 0.1) is 13.8 Å². The summed E-state index contributed by atoms with van der Waals surface area (Å²) in [6.45, 7) is 13.1. The van der Waals surface area contributed by atoms with Gasteiger partial charge in [0.25, 0.3) is 0 Å². The Morgan fingerprint density at radius 3 is 2.21 bits per heavy atom. The lowest BCUT2D eigenvalue weighted by molar-refractivity contribution is 0.0853. The molecule has 1 aliphatic carbocycles. The van der Waals surface area contributed by atoms with Crippen molar-refractivity contribution in [2.45, 2.75) is 59.4 Å². The Kier molecular flexibility index (Phi) is 6.81. The number of Topliss-reactive ketones (excluding diaryl/α,β-unsaturated/α-hetero) is 1. The fraction of sp³-hybridized carbons (Fsp3) is 0.727. The van der Waals surface area contributed by atoms with Gasteiger partial charge in [-0.3, -0.25) is 9.69 Å². The topological polar surface area (TPSA) is 48.8 Å². The lowest BCUT2D eigenvalue weighted by Gasteiger charge is -2.36. The average Bonchev–Trinajstić information content (AvgIpc) is 3.31. The summed E-state index contributed by atoms with van der Waals surface area (Å²) in [5.41, 5.74) is 3.22. The first kappa shape index (κ1) is 20.9. The molecule has 1 aromatic rings. The molecule has 2 aliphatic rings. The van der Waals surface area contributed by atoms with Crippen molar-refractivity contribution < 1.29 is 9.59 Å². The summed E-state index contributed by atoms with van der Waals surface area (Å²) in [4.78, 5) is 31.4. The number of piperazine rings is 1. The van der Waals surface area contributed by atoms with E-state index in [1.807, 2.05) is 23.6 Å². The zero-order valence-electron chi connectivity index (χ0n) is 18.0. The van der Waals surface area contributed by atoms with E-state index in [1.54, 1.807) is 0 Å². The van der Waals surface area contributed by atoms with Crippen molar-refractivity contribution in [2.75, 3.05) is 45.8 Å². The Bertz CT molecular complexity index is 694. The van der Waals surface area contributed by atoms with Gasteiger partial charge >= 0.3 is 6.03 Å². The molecule has 156 valence electrons. The van der Waals surface area contributed by atoms with Gasteiger partial charge in [0.15, 0.2) is 5.78 Å². The van der Waals surface area contributed by atoms with Crippen LogP contribution < -0.4 is 0 Å². The van der Waals surface area contributed by atoms with Gasteiger partial charge in [-0.15, -0.1) is 0 Å². The van der Waals surface area contributed by atoms with Crippen molar-refractivity contribution in [1.29, 1.82) is 0 Å². The molecule has 1 aromatic heterocycles. The maximum Gasteiger partial charge on any atom is 0.320 e. The summed E-state index contributed by atoms with van der Waals surface area (Å²) in [5.74, 6) is 0.209. The van der Waals surface area contributed by atoms with Crippen molar-refractivity contribution in [3.05, 3.63) is 23.0 Å². The second-order valence-electron chi connectivity index (χ2n) is 8.23. The molecule has 1 aliphatic heterocycles. The van der Waals surface area contributed by atoms with Crippen molar-refractivity contribution in [3.63, 3.8) is 0 Å². The first-order chi connectivity index (χ1) is 13.5. The van der Waals surface area contributed by atoms with Gasteiger partial charge in [-0.05, 0) is 46.6 Å². The minimum absolute atomic E-state index is 0.121. The van der Waals surface area contributed by atoms with E-state index in [2.05, 4.69) is 29.4 Å². The lowest BCUT2D eigenvalue weighted by atomic mass is 10.1. The summed E-state index contributed by atoms with van der Waals surface area (Å²) >= 11 is 0. The predicted octanol–water partition coefficient (Wildman–Crippen LogP) is 3.48. The van der Waals surface area contributed by atoms with E-state index in [9.17, 15) is 9.59 Å². The Labute approximate surface area is 169 Å². The fourth-order valence-electron chi connectivity index (χ4n) is 4.86. The summed E-state index contributed by atoms with van der Waals surface area (Å²) in [6.07, 6.45) is 5.04. The molecule has 0 aromatic carbocycles. The zero-order valence-corrected chi connectivity index (χ0v) is 18.0. The van der Waals surface area contributed by atoms with Gasteiger partial charge < -0.3 is 14.4 Å². The number of ketones is 1. The van der Waals surface area contributed by atoms with Crippen LogP contribution in [0.25, 0.3) is 0 Å². The van der Waals surface area contributed by atoms with Crippen LogP contribution in [0.2, 0.25) is 0 Å². The maximum atomic E-state index is 13.0. The molecule has 0 bridgehead atoms. The number of urea groups is 1. The molecule has 28 heavy (non-hydrogen) atoms. The van der Waals surface area contributed by atoms with Crippen LogP contribution in [0.5, 0.6) is 0 Å². The molecule has 0 spiro atoms. The Morgan fingerprint density at radius 1 is 1.04 bits per heavy atom. The zero-order chi connectivity index (χ0) is 20.3. The minimum atomic E-state index is 0.121. The first-order valence-electron chi connectivity index (χ1n) is 10.9. The lowest BCUT2D eigenvalue weighted by Crippen LogP contribution is -2.53. The third-order valence-corrected chi connectivity index (χ3v) is 6.52. The molecule has 2 amide bonds. The van der Waals surface area contributed by atoms with E-state index in [1.165, 1.54) is 31.4 Å². The summed E-state index contributed by atoms with van der Waals surface area (Å²) < 4.78 is 2.39. The molecule has 1 saturated carbocycles. The van der Waals surface area contributed by atoms with Crippen LogP contribution in [-0.4, -0.2) is 76.9 Å². The van der Waals surface area contributed by atoms with Crippen LogP contribution in [0.4, 0.5) is 4.79 Å². The SMILES string of the molecule is CCN(CC)C(=O)N1CCN(CC(=O)c2cc(C)n(C3CCCC3)c2C)CC1. The van der Waals surface area contributed by atoms with Crippen molar-refractivity contribution >= 4 is 11.8 Å². The highest BCUT2D eigenvalue weighted by atomic mass is 16.2. The third kappa shape index (κ3) is 4.27. The van der Waals surface area contributed by atoms with Gasteiger partial charge in [0.05, 0.1) is 6.54 Å². The molecule has 0 radical (unpaired) electrons. The van der Waals surface area contributed by atoms with E-state index >= 15 is 0 Å². The summed E-state index contributed by atoms with van der Waals surface area (Å²) in [6, 6.07) is 2.77. The highest BCUT2D eigenvalue weighted by Gasteiger charge is 2.27. The first-order valence-corrected chi connectivity index (χ1v) is 10.9. The van der Waals surface area contributed by atoms with Gasteiger partial charge in [-0.1, -0.05) is 12.8 Å². The van der Waals surface area contributed by atoms with Gasteiger partial charge in [0.2, 0.25) is 0 Å². The fourth-order valence-corrected chi connectivity index (χ4v) is 4.86. The van der Waals surface area contributed by atoms with Crippen molar-refractivity contribution in [2.24, 2.45) is 0 Å². The van der Waals surface area contributed by atoms with Crippen LogP contribution in [0.3, 0.4) is 0 Å². The highest BCUT2D eigenvalue weighted by Crippen LogP contribution is 2.33. The average molecular weight is 389 g/mol. The smallest absolute Gasteiger partial charge is 0.320 e. The summed E-state index contributed by atoms with van der Waals surface area (Å²) in [5, 5.41) is 0. The number of carbonyl (C=O) groups is 2. The number of nitrogens with zero attached hydrogens (tertiary/aromatic N) is 4. The largest absolute Gasteiger partial charge is 0.345 e. The van der Waals surface area contributed by atoms with Crippen molar-refractivity contribution in [3.8, 4) is 0 Å². The normalized spacial score (nSPS) is 18.6. The van der Waals surface area contributed by atoms with Gasteiger partial charge in [-0.25, -0.2) is 4.79 Å². The molecule has 2 fully saturated rings. The number of amides is 2. The number of rotatable bonds is 6. The van der Waals surface area contributed by atoms with Crippen LogP contribution in [-0.2, 0) is 0 Å². The highest BCUT2D eigenvalue weighted by molar-refractivity contribution is 5.99. The molecular formula is C22H36N4O2. The maximum absolute atomic E-state index is 13.0. The van der Waals surface area contributed by atoms with E-state index in [0.717, 1.165) is 37.4 Å². The number of carbonyl (C=O) groups excluding carboxylic acids is 2. The monoisotopic (exact) mass is 388 g/mol. The summed E-state index contributed by atoms with van der Waals surface area (Å²) in [7, 11) is 0. The minimum Gasteiger partial charge on any atom is -0.345 e. The van der Waals surface area contributed by atoms with E-state index in [4.69, 9.17) is 0 Å². The van der Waals surface area contributed by atoms with Crippen molar-refractivity contribution in [1.82, 2.24) is 19.3 Å². The quantitative estimate of drug-likeness (QED) is 0.701. The molecule has 0 N–H and O–H groups in total. The molecule has 0 unspecified atom stereocenters. The Hall–Kier alpha value is -1.82. The number of hydrogen-bond donors (Lipinski definition) is 0. The molecule has 2 heterocycles. The second kappa shape index (κ2) is 9.12. The molecular weight excluding hydrogens is 352 g/mol. The van der Waals surface area contributed by atoms with Gasteiger partial charge in [0, 0.05) is 62.3 Å². The van der Waals surface area contributed by atoms with E-state index in [0.29, 0.717) is 25.7 Å². The predicted molar refractivity (Wildman–Crippen MR) is 112 cm³/mol. The molecule has 3 rings (SSSR count). The number of hydrogen-bond acceptors (Lipinski definition) is 3. The Balaban J connectivity index is 1.58.